The van der Waals surface area contributed by atoms with Gasteiger partial charge in [-0.15, -0.1) is 0 Å². The van der Waals surface area contributed by atoms with Crippen LogP contribution in [0.4, 0.5) is 5.69 Å². The summed E-state index contributed by atoms with van der Waals surface area (Å²) in [7, 11) is -3.96. The number of hydrogen-bond acceptors (Lipinski definition) is 5. The Labute approximate surface area is 194 Å². The first-order valence-electron chi connectivity index (χ1n) is 10.5. The van der Waals surface area contributed by atoms with Gasteiger partial charge in [-0.05, 0) is 86.0 Å². The number of nitrogens with zero attached hydrogens (tertiary/aromatic N) is 2. The van der Waals surface area contributed by atoms with Crippen molar-refractivity contribution in [3.05, 3.63) is 89.5 Å². The van der Waals surface area contributed by atoms with Crippen LogP contribution in [0.15, 0.2) is 82.8 Å². The number of hydrogen-bond donors (Lipinski definition) is 1. The second-order valence-corrected chi connectivity index (χ2v) is 9.33. The Bertz CT molecular complexity index is 1200. The average Bonchev–Trinajstić information content (AvgIpc) is 2.78. The molecule has 3 rings (SSSR count). The Hall–Kier alpha value is -3.65. The van der Waals surface area contributed by atoms with Crippen molar-refractivity contribution in [2.24, 2.45) is 5.10 Å². The SMILES string of the molecule is CCOc1ccc(/C=N\NC(=O)CN(c2cc(C)cc(C)c2)S(=O)(=O)c2ccccc2)cc1. The number of rotatable bonds is 9. The van der Waals surface area contributed by atoms with Crippen molar-refractivity contribution in [1.29, 1.82) is 0 Å². The highest BCUT2D eigenvalue weighted by atomic mass is 32.2. The molecule has 0 unspecified atom stereocenters. The summed E-state index contributed by atoms with van der Waals surface area (Å²) in [5.41, 5.74) is 5.39. The van der Waals surface area contributed by atoms with Crippen LogP contribution in [0.1, 0.15) is 23.6 Å². The summed E-state index contributed by atoms with van der Waals surface area (Å²) in [5.74, 6) is 0.185. The summed E-state index contributed by atoms with van der Waals surface area (Å²) in [5, 5.41) is 3.97. The monoisotopic (exact) mass is 465 g/mol. The minimum absolute atomic E-state index is 0.106. The fraction of sp³-hybridized carbons (Fsp3) is 0.200. The number of benzene rings is 3. The largest absolute Gasteiger partial charge is 0.494 e. The fourth-order valence-corrected chi connectivity index (χ4v) is 4.72. The van der Waals surface area contributed by atoms with E-state index in [1.165, 1.54) is 18.3 Å². The number of carbonyl (C=O) groups is 1. The predicted molar refractivity (Wildman–Crippen MR) is 130 cm³/mol. The van der Waals surface area contributed by atoms with Crippen molar-refractivity contribution in [2.75, 3.05) is 17.5 Å². The second-order valence-electron chi connectivity index (χ2n) is 7.47. The van der Waals surface area contributed by atoms with Crippen LogP contribution in [0, 0.1) is 13.8 Å². The highest BCUT2D eigenvalue weighted by Gasteiger charge is 2.27. The Morgan fingerprint density at radius 2 is 1.64 bits per heavy atom. The lowest BCUT2D eigenvalue weighted by Crippen LogP contribution is -2.39. The normalized spacial score (nSPS) is 11.4. The van der Waals surface area contributed by atoms with E-state index < -0.39 is 22.5 Å². The minimum Gasteiger partial charge on any atom is -0.494 e. The summed E-state index contributed by atoms with van der Waals surface area (Å²) >= 11 is 0. The first-order valence-corrected chi connectivity index (χ1v) is 11.9. The zero-order valence-electron chi connectivity index (χ0n) is 18.9. The molecule has 0 aromatic heterocycles. The van der Waals surface area contributed by atoms with Crippen LogP contribution >= 0.6 is 0 Å². The lowest BCUT2D eigenvalue weighted by molar-refractivity contribution is -0.119. The molecule has 1 N–H and O–H groups in total. The fourth-order valence-electron chi connectivity index (χ4n) is 3.29. The van der Waals surface area contributed by atoms with Crippen LogP contribution in [0.2, 0.25) is 0 Å². The van der Waals surface area contributed by atoms with E-state index in [-0.39, 0.29) is 4.90 Å². The smallest absolute Gasteiger partial charge is 0.264 e. The van der Waals surface area contributed by atoms with Crippen LogP contribution in [0.3, 0.4) is 0 Å². The standard InChI is InChI=1S/C25H27N3O4S/c1-4-32-23-12-10-21(11-13-23)17-26-27-25(29)18-28(22-15-19(2)14-20(3)16-22)33(30,31)24-8-6-5-7-9-24/h5-17H,4,18H2,1-3H3,(H,27,29)/b26-17-. The Morgan fingerprint density at radius 3 is 2.24 bits per heavy atom. The van der Waals surface area contributed by atoms with Gasteiger partial charge < -0.3 is 4.74 Å². The maximum Gasteiger partial charge on any atom is 0.264 e. The summed E-state index contributed by atoms with van der Waals surface area (Å²) in [4.78, 5) is 12.8. The molecule has 1 amide bonds. The van der Waals surface area contributed by atoms with Crippen molar-refractivity contribution in [3.63, 3.8) is 0 Å². The molecule has 33 heavy (non-hydrogen) atoms. The molecule has 0 spiro atoms. The third-order valence-electron chi connectivity index (χ3n) is 4.71. The van der Waals surface area contributed by atoms with Crippen molar-refractivity contribution in [3.8, 4) is 5.75 Å². The van der Waals surface area contributed by atoms with Crippen molar-refractivity contribution in [2.45, 2.75) is 25.7 Å². The van der Waals surface area contributed by atoms with Crippen molar-refractivity contribution < 1.29 is 17.9 Å². The molecule has 0 fully saturated rings. The van der Waals surface area contributed by atoms with E-state index in [9.17, 15) is 13.2 Å². The van der Waals surface area contributed by atoms with Gasteiger partial charge in [0.15, 0.2) is 0 Å². The van der Waals surface area contributed by atoms with Gasteiger partial charge in [0, 0.05) is 0 Å². The minimum atomic E-state index is -3.96. The Balaban J connectivity index is 1.80. The van der Waals surface area contributed by atoms with E-state index in [4.69, 9.17) is 4.74 Å². The van der Waals surface area contributed by atoms with Crippen LogP contribution < -0.4 is 14.5 Å². The van der Waals surface area contributed by atoms with E-state index in [1.54, 1.807) is 42.5 Å². The third kappa shape index (κ3) is 6.43. The topological polar surface area (TPSA) is 88.1 Å². The van der Waals surface area contributed by atoms with Crippen LogP contribution in [-0.4, -0.2) is 33.7 Å². The molecule has 0 radical (unpaired) electrons. The zero-order chi connectivity index (χ0) is 23.8. The molecular weight excluding hydrogens is 438 g/mol. The van der Waals surface area contributed by atoms with Gasteiger partial charge in [-0.25, -0.2) is 13.8 Å². The van der Waals surface area contributed by atoms with Gasteiger partial charge in [0.1, 0.15) is 12.3 Å². The van der Waals surface area contributed by atoms with Gasteiger partial charge >= 0.3 is 0 Å². The van der Waals surface area contributed by atoms with E-state index in [1.807, 2.05) is 39.0 Å². The van der Waals surface area contributed by atoms with Gasteiger partial charge in [-0.3, -0.25) is 9.10 Å². The first kappa shape index (κ1) is 24.0. The van der Waals surface area contributed by atoms with E-state index in [2.05, 4.69) is 10.5 Å². The second kappa shape index (κ2) is 10.8. The van der Waals surface area contributed by atoms with Gasteiger partial charge in [-0.2, -0.15) is 5.10 Å². The molecule has 0 atom stereocenters. The van der Waals surface area contributed by atoms with Gasteiger partial charge in [0.25, 0.3) is 15.9 Å². The van der Waals surface area contributed by atoms with E-state index in [0.29, 0.717) is 12.3 Å². The predicted octanol–water partition coefficient (Wildman–Crippen LogP) is 4.05. The molecule has 172 valence electrons. The molecule has 7 nitrogen and oxygen atoms in total. The number of ether oxygens (including phenoxy) is 1. The molecule has 0 saturated carbocycles. The average molecular weight is 466 g/mol. The van der Waals surface area contributed by atoms with Gasteiger partial charge in [-0.1, -0.05) is 24.3 Å². The van der Waals surface area contributed by atoms with Crippen LogP contribution in [0.25, 0.3) is 0 Å². The first-order chi connectivity index (χ1) is 15.8. The molecule has 0 heterocycles. The lowest BCUT2D eigenvalue weighted by Gasteiger charge is -2.24. The molecule has 0 aliphatic heterocycles. The molecule has 8 heteroatoms. The number of sulfonamides is 1. The molecule has 0 aliphatic carbocycles. The maximum absolute atomic E-state index is 13.4. The number of carbonyl (C=O) groups excluding carboxylic acids is 1. The highest BCUT2D eigenvalue weighted by molar-refractivity contribution is 7.92. The molecular formula is C25H27N3O4S. The maximum atomic E-state index is 13.4. The molecule has 0 bridgehead atoms. The van der Waals surface area contributed by atoms with Crippen molar-refractivity contribution >= 4 is 27.8 Å². The number of nitrogens with one attached hydrogen (secondary N) is 1. The number of aryl methyl sites for hydroxylation is 2. The number of anilines is 1. The zero-order valence-corrected chi connectivity index (χ0v) is 19.7. The van der Waals surface area contributed by atoms with Gasteiger partial charge in [0.2, 0.25) is 0 Å². The quantitative estimate of drug-likeness (QED) is 0.381. The summed E-state index contributed by atoms with van der Waals surface area (Å²) in [6, 6.07) is 20.7. The van der Waals surface area contributed by atoms with E-state index in [0.717, 1.165) is 26.7 Å². The Morgan fingerprint density at radius 1 is 1.00 bits per heavy atom. The molecule has 3 aromatic rings. The summed E-state index contributed by atoms with van der Waals surface area (Å²) < 4.78 is 33.2. The lowest BCUT2D eigenvalue weighted by atomic mass is 10.1. The van der Waals surface area contributed by atoms with E-state index >= 15 is 0 Å². The summed E-state index contributed by atoms with van der Waals surface area (Å²) in [6.45, 7) is 5.83. The molecule has 0 aliphatic rings. The molecule has 0 saturated heterocycles. The van der Waals surface area contributed by atoms with Crippen molar-refractivity contribution in [1.82, 2.24) is 5.43 Å². The van der Waals surface area contributed by atoms with Crippen LogP contribution in [-0.2, 0) is 14.8 Å². The highest BCUT2D eigenvalue weighted by Crippen LogP contribution is 2.25. The third-order valence-corrected chi connectivity index (χ3v) is 6.49. The molecule has 3 aromatic carbocycles. The summed E-state index contributed by atoms with van der Waals surface area (Å²) in [6.07, 6.45) is 1.49. The Kier molecular flexibility index (Phi) is 7.84. The van der Waals surface area contributed by atoms with Crippen LogP contribution in [0.5, 0.6) is 5.75 Å². The number of amides is 1. The van der Waals surface area contributed by atoms with Gasteiger partial charge in [0.05, 0.1) is 23.4 Å². The number of hydrazone groups is 1.